The maximum atomic E-state index is 12.5. The number of anilines is 1. The minimum absolute atomic E-state index is 0.0744. The van der Waals surface area contributed by atoms with E-state index in [1.807, 2.05) is 0 Å². The smallest absolute Gasteiger partial charge is 0.274 e. The number of carbonyl (C=O) groups excluding carboxylic acids is 2. The normalized spacial score (nSPS) is 10.2. The molecule has 0 saturated carbocycles. The third kappa shape index (κ3) is 5.32. The van der Waals surface area contributed by atoms with Gasteiger partial charge in [0, 0.05) is 25.8 Å². The van der Waals surface area contributed by atoms with Gasteiger partial charge in [-0.3, -0.25) is 9.59 Å². The number of hydrogen-bond acceptors (Lipinski definition) is 6. The highest BCUT2D eigenvalue weighted by molar-refractivity contribution is 6.32. The summed E-state index contributed by atoms with van der Waals surface area (Å²) in [6.45, 7) is 0.722. The zero-order valence-electron chi connectivity index (χ0n) is 15.2. The van der Waals surface area contributed by atoms with Crippen LogP contribution in [0, 0.1) is 0 Å². The Hall–Kier alpha value is -2.84. The maximum Gasteiger partial charge on any atom is 0.274 e. The van der Waals surface area contributed by atoms with Crippen LogP contribution in [0.4, 0.5) is 5.69 Å². The van der Waals surface area contributed by atoms with Crippen molar-refractivity contribution < 1.29 is 23.8 Å². The highest BCUT2D eigenvalue weighted by Crippen LogP contribution is 2.36. The summed E-state index contributed by atoms with van der Waals surface area (Å²) in [6.07, 6.45) is 0. The first-order chi connectivity index (χ1) is 13.0. The molecule has 0 saturated heterocycles. The molecule has 9 heteroatoms. The molecular weight excluding hydrogens is 374 g/mol. The molecule has 0 aliphatic heterocycles. The third-order valence-corrected chi connectivity index (χ3v) is 3.82. The molecule has 0 aliphatic rings. The molecule has 0 aliphatic carbocycles. The van der Waals surface area contributed by atoms with Crippen molar-refractivity contribution in [3.63, 3.8) is 0 Å². The molecule has 144 valence electrons. The summed E-state index contributed by atoms with van der Waals surface area (Å²) in [4.78, 5) is 28.7. The van der Waals surface area contributed by atoms with Crippen LogP contribution < -0.4 is 20.1 Å². The summed E-state index contributed by atoms with van der Waals surface area (Å²) in [6, 6.07) is 7.67. The van der Waals surface area contributed by atoms with Gasteiger partial charge in [0.25, 0.3) is 11.8 Å². The number of aromatic nitrogens is 1. The van der Waals surface area contributed by atoms with Gasteiger partial charge >= 0.3 is 0 Å². The lowest BCUT2D eigenvalue weighted by Crippen LogP contribution is -2.28. The van der Waals surface area contributed by atoms with E-state index < -0.39 is 11.8 Å². The molecule has 0 unspecified atom stereocenters. The van der Waals surface area contributed by atoms with Crippen molar-refractivity contribution in [2.24, 2.45) is 0 Å². The second-order valence-electron chi connectivity index (χ2n) is 5.30. The molecule has 27 heavy (non-hydrogen) atoms. The second-order valence-corrected chi connectivity index (χ2v) is 5.71. The Morgan fingerprint density at radius 3 is 2.33 bits per heavy atom. The van der Waals surface area contributed by atoms with Gasteiger partial charge < -0.3 is 24.8 Å². The first kappa shape index (κ1) is 20.5. The van der Waals surface area contributed by atoms with Crippen molar-refractivity contribution in [1.82, 2.24) is 10.3 Å². The average Bonchev–Trinajstić information content (AvgIpc) is 2.69. The van der Waals surface area contributed by atoms with Gasteiger partial charge in [0.05, 0.1) is 31.5 Å². The Morgan fingerprint density at radius 2 is 1.70 bits per heavy atom. The zero-order chi connectivity index (χ0) is 19.8. The zero-order valence-corrected chi connectivity index (χ0v) is 15.9. The Labute approximate surface area is 161 Å². The van der Waals surface area contributed by atoms with Crippen LogP contribution in [0.3, 0.4) is 0 Å². The first-order valence-corrected chi connectivity index (χ1v) is 8.35. The predicted octanol–water partition coefficient (Wildman–Crippen LogP) is 2.38. The molecule has 2 aromatic rings. The van der Waals surface area contributed by atoms with E-state index in [1.165, 1.54) is 39.5 Å². The van der Waals surface area contributed by atoms with E-state index in [9.17, 15) is 9.59 Å². The van der Waals surface area contributed by atoms with Crippen LogP contribution in [0.5, 0.6) is 11.5 Å². The first-order valence-electron chi connectivity index (χ1n) is 7.97. The number of nitrogens with zero attached hydrogens (tertiary/aromatic N) is 1. The molecule has 0 atom stereocenters. The highest BCUT2D eigenvalue weighted by atomic mass is 35.5. The SMILES string of the molecule is COCCNC(=O)c1cccc(C(=O)Nc2cc(OC)c(Cl)cc2OC)n1. The summed E-state index contributed by atoms with van der Waals surface area (Å²) in [5.41, 5.74) is 0.560. The molecule has 0 fully saturated rings. The molecule has 2 amide bonds. The highest BCUT2D eigenvalue weighted by Gasteiger charge is 2.16. The molecule has 2 rings (SSSR count). The van der Waals surface area contributed by atoms with Crippen LogP contribution in [0.15, 0.2) is 30.3 Å². The topological polar surface area (TPSA) is 98.8 Å². The fourth-order valence-electron chi connectivity index (χ4n) is 2.19. The van der Waals surface area contributed by atoms with E-state index in [-0.39, 0.29) is 11.4 Å². The number of ether oxygens (including phenoxy) is 3. The quantitative estimate of drug-likeness (QED) is 0.668. The Kier molecular flexibility index (Phi) is 7.39. The average molecular weight is 394 g/mol. The lowest BCUT2D eigenvalue weighted by atomic mass is 10.2. The lowest BCUT2D eigenvalue weighted by Gasteiger charge is -2.13. The van der Waals surface area contributed by atoms with Gasteiger partial charge in [0.2, 0.25) is 0 Å². The molecule has 2 N–H and O–H groups in total. The Balaban J connectivity index is 2.19. The van der Waals surface area contributed by atoms with Crippen LogP contribution in [0.25, 0.3) is 0 Å². The number of amides is 2. The second kappa shape index (κ2) is 9.75. The fourth-order valence-corrected chi connectivity index (χ4v) is 2.42. The van der Waals surface area contributed by atoms with Gasteiger partial charge in [-0.05, 0) is 12.1 Å². The molecule has 1 heterocycles. The number of methoxy groups -OCH3 is 3. The number of rotatable bonds is 8. The van der Waals surface area contributed by atoms with Crippen LogP contribution in [-0.4, -0.2) is 51.3 Å². The van der Waals surface area contributed by atoms with Gasteiger partial charge in [-0.25, -0.2) is 4.98 Å². The van der Waals surface area contributed by atoms with Gasteiger partial charge in [0.15, 0.2) is 0 Å². The summed E-state index contributed by atoms with van der Waals surface area (Å²) in [5.74, 6) is -0.161. The molecule has 1 aromatic heterocycles. The van der Waals surface area contributed by atoms with E-state index >= 15 is 0 Å². The lowest BCUT2D eigenvalue weighted by molar-refractivity contribution is 0.0932. The molecule has 8 nitrogen and oxygen atoms in total. The molecular formula is C18H20ClN3O5. The van der Waals surface area contributed by atoms with E-state index in [1.54, 1.807) is 12.1 Å². The number of nitrogens with one attached hydrogen (secondary N) is 2. The van der Waals surface area contributed by atoms with Crippen molar-refractivity contribution in [3.8, 4) is 11.5 Å². The van der Waals surface area contributed by atoms with E-state index in [4.69, 9.17) is 25.8 Å². The number of hydrogen-bond donors (Lipinski definition) is 2. The number of carbonyl (C=O) groups is 2. The summed E-state index contributed by atoms with van der Waals surface area (Å²) in [7, 11) is 4.46. The van der Waals surface area contributed by atoms with Crippen molar-refractivity contribution in [2.45, 2.75) is 0 Å². The molecule has 1 aromatic carbocycles. The largest absolute Gasteiger partial charge is 0.495 e. The molecule has 0 radical (unpaired) electrons. The van der Waals surface area contributed by atoms with Crippen molar-refractivity contribution in [1.29, 1.82) is 0 Å². The Bertz CT molecular complexity index is 829. The standard InChI is InChI=1S/C18H20ClN3O5/c1-25-8-7-20-17(23)12-5-4-6-13(21-12)18(24)22-14-10-15(26-2)11(19)9-16(14)27-3/h4-6,9-10H,7-8H2,1-3H3,(H,20,23)(H,22,24). The van der Waals surface area contributed by atoms with E-state index in [0.717, 1.165) is 0 Å². The van der Waals surface area contributed by atoms with Gasteiger partial charge in [-0.15, -0.1) is 0 Å². The monoisotopic (exact) mass is 393 g/mol. The van der Waals surface area contributed by atoms with Crippen molar-refractivity contribution in [3.05, 3.63) is 46.7 Å². The van der Waals surface area contributed by atoms with Gasteiger partial charge in [0.1, 0.15) is 22.9 Å². The summed E-state index contributed by atoms with van der Waals surface area (Å²) < 4.78 is 15.3. The van der Waals surface area contributed by atoms with Crippen LogP contribution in [-0.2, 0) is 4.74 Å². The van der Waals surface area contributed by atoms with Crippen LogP contribution in [0.1, 0.15) is 21.0 Å². The van der Waals surface area contributed by atoms with Crippen LogP contribution in [0.2, 0.25) is 5.02 Å². The summed E-state index contributed by atoms with van der Waals surface area (Å²) >= 11 is 6.06. The molecule has 0 bridgehead atoms. The van der Waals surface area contributed by atoms with E-state index in [2.05, 4.69) is 15.6 Å². The minimum Gasteiger partial charge on any atom is -0.495 e. The van der Waals surface area contributed by atoms with Gasteiger partial charge in [-0.1, -0.05) is 17.7 Å². The van der Waals surface area contributed by atoms with Crippen molar-refractivity contribution >= 4 is 29.1 Å². The predicted molar refractivity (Wildman–Crippen MR) is 101 cm³/mol. The minimum atomic E-state index is -0.510. The Morgan fingerprint density at radius 1 is 1.04 bits per heavy atom. The van der Waals surface area contributed by atoms with Crippen molar-refractivity contribution in [2.75, 3.05) is 39.8 Å². The number of benzene rings is 1. The fraction of sp³-hybridized carbons (Fsp3) is 0.278. The summed E-state index contributed by atoms with van der Waals surface area (Å²) in [5, 5.41) is 5.67. The van der Waals surface area contributed by atoms with Gasteiger partial charge in [-0.2, -0.15) is 0 Å². The third-order valence-electron chi connectivity index (χ3n) is 3.53. The molecule has 0 spiro atoms. The van der Waals surface area contributed by atoms with E-state index in [0.29, 0.717) is 35.4 Å². The number of halogens is 1. The maximum absolute atomic E-state index is 12.5. The van der Waals surface area contributed by atoms with Crippen LogP contribution >= 0.6 is 11.6 Å². The number of pyridine rings is 1.